The number of hydrogen-bond acceptors (Lipinski definition) is 3. The van der Waals surface area contributed by atoms with Gasteiger partial charge in [0, 0.05) is 5.92 Å². The Bertz CT molecular complexity index is 600. The summed E-state index contributed by atoms with van der Waals surface area (Å²) in [5, 5.41) is 0. The summed E-state index contributed by atoms with van der Waals surface area (Å²) in [7, 11) is 0. The highest BCUT2D eigenvalue weighted by molar-refractivity contribution is 5.14. The van der Waals surface area contributed by atoms with Crippen LogP contribution in [0.15, 0.2) is 60.7 Å². The lowest BCUT2D eigenvalue weighted by molar-refractivity contribution is -0.202. The summed E-state index contributed by atoms with van der Waals surface area (Å²) < 4.78 is 18.8. The number of fused-ring (bicyclic) bond motifs is 2. The van der Waals surface area contributed by atoms with Crippen LogP contribution in [0.2, 0.25) is 0 Å². The van der Waals surface area contributed by atoms with Crippen LogP contribution in [-0.2, 0) is 27.4 Å². The average molecular weight is 338 g/mol. The van der Waals surface area contributed by atoms with Crippen molar-refractivity contribution in [3.8, 4) is 0 Å². The lowest BCUT2D eigenvalue weighted by Gasteiger charge is -2.40. The lowest BCUT2D eigenvalue weighted by atomic mass is 9.91. The van der Waals surface area contributed by atoms with Gasteiger partial charge in [-0.2, -0.15) is 0 Å². The summed E-state index contributed by atoms with van der Waals surface area (Å²) in [5.41, 5.74) is 2.41. The molecule has 2 heterocycles. The molecular weight excluding hydrogens is 312 g/mol. The molecule has 2 saturated heterocycles. The van der Waals surface area contributed by atoms with E-state index in [0.29, 0.717) is 19.1 Å². The normalized spacial score (nSPS) is 31.2. The zero-order chi connectivity index (χ0) is 17.1. The van der Waals surface area contributed by atoms with Gasteiger partial charge in [-0.3, -0.25) is 0 Å². The zero-order valence-electron chi connectivity index (χ0n) is 14.7. The molecular formula is C22H26O3. The third-order valence-electron chi connectivity index (χ3n) is 5.43. The van der Waals surface area contributed by atoms with Gasteiger partial charge in [-0.15, -0.1) is 0 Å². The molecule has 132 valence electrons. The van der Waals surface area contributed by atoms with Crippen LogP contribution in [0.1, 0.15) is 30.9 Å². The predicted molar refractivity (Wildman–Crippen MR) is 97.1 cm³/mol. The van der Waals surface area contributed by atoms with Crippen LogP contribution < -0.4 is 0 Å². The smallest absolute Gasteiger partial charge is 0.0892 e. The van der Waals surface area contributed by atoms with E-state index in [1.165, 1.54) is 11.1 Å². The fourth-order valence-corrected chi connectivity index (χ4v) is 4.09. The van der Waals surface area contributed by atoms with Crippen molar-refractivity contribution in [3.63, 3.8) is 0 Å². The van der Waals surface area contributed by atoms with Gasteiger partial charge in [0.05, 0.1) is 37.6 Å². The summed E-state index contributed by atoms with van der Waals surface area (Å²) in [6, 6.07) is 20.7. The van der Waals surface area contributed by atoms with Crippen LogP contribution in [0.5, 0.6) is 0 Å². The molecule has 0 amide bonds. The molecule has 2 aliphatic rings. The second-order valence-electron chi connectivity index (χ2n) is 7.17. The molecule has 25 heavy (non-hydrogen) atoms. The van der Waals surface area contributed by atoms with Gasteiger partial charge in [0.2, 0.25) is 0 Å². The zero-order valence-corrected chi connectivity index (χ0v) is 14.7. The van der Waals surface area contributed by atoms with Gasteiger partial charge in [-0.25, -0.2) is 0 Å². The summed E-state index contributed by atoms with van der Waals surface area (Å²) in [6.45, 7) is 3.51. The Labute approximate surface area is 149 Å². The second kappa shape index (κ2) is 7.69. The van der Waals surface area contributed by atoms with Crippen molar-refractivity contribution in [2.75, 3.05) is 0 Å². The van der Waals surface area contributed by atoms with Crippen molar-refractivity contribution in [2.24, 2.45) is 5.92 Å². The molecule has 5 atom stereocenters. The third kappa shape index (κ3) is 3.79. The third-order valence-corrected chi connectivity index (χ3v) is 5.43. The van der Waals surface area contributed by atoms with E-state index in [4.69, 9.17) is 14.2 Å². The van der Waals surface area contributed by atoms with Crippen molar-refractivity contribution in [1.82, 2.24) is 0 Å². The molecule has 2 aromatic rings. The number of ether oxygens (including phenoxy) is 3. The van der Waals surface area contributed by atoms with E-state index in [9.17, 15) is 0 Å². The monoisotopic (exact) mass is 338 g/mol. The van der Waals surface area contributed by atoms with Crippen molar-refractivity contribution >= 4 is 0 Å². The van der Waals surface area contributed by atoms with Gasteiger partial charge in [0.1, 0.15) is 0 Å². The highest BCUT2D eigenvalue weighted by Gasteiger charge is 2.48. The molecule has 1 unspecified atom stereocenters. The first kappa shape index (κ1) is 16.8. The minimum atomic E-state index is 0.0970. The maximum atomic E-state index is 6.29. The highest BCUT2D eigenvalue weighted by Crippen LogP contribution is 2.40. The molecule has 0 aromatic heterocycles. The van der Waals surface area contributed by atoms with Gasteiger partial charge in [0.15, 0.2) is 0 Å². The summed E-state index contributed by atoms with van der Waals surface area (Å²) in [6.07, 6.45) is 2.75. The van der Waals surface area contributed by atoms with Crippen LogP contribution >= 0.6 is 0 Å². The number of rotatable bonds is 6. The van der Waals surface area contributed by atoms with Crippen molar-refractivity contribution in [2.45, 2.75) is 57.4 Å². The molecule has 2 fully saturated rings. The minimum absolute atomic E-state index is 0.0970. The van der Waals surface area contributed by atoms with Gasteiger partial charge >= 0.3 is 0 Å². The lowest BCUT2D eigenvalue weighted by Crippen LogP contribution is -2.50. The molecule has 0 saturated carbocycles. The fourth-order valence-electron chi connectivity index (χ4n) is 4.09. The Hall–Kier alpha value is -1.68. The van der Waals surface area contributed by atoms with Gasteiger partial charge in [-0.05, 0) is 24.0 Å². The summed E-state index contributed by atoms with van der Waals surface area (Å²) >= 11 is 0. The van der Waals surface area contributed by atoms with E-state index in [2.05, 4.69) is 55.5 Å². The van der Waals surface area contributed by atoms with Crippen LogP contribution in [0, 0.1) is 5.92 Å². The van der Waals surface area contributed by atoms with E-state index in [0.717, 1.165) is 12.8 Å². The second-order valence-corrected chi connectivity index (χ2v) is 7.17. The van der Waals surface area contributed by atoms with Crippen LogP contribution in [0.25, 0.3) is 0 Å². The Morgan fingerprint density at radius 2 is 1.20 bits per heavy atom. The first-order valence-corrected chi connectivity index (χ1v) is 9.28. The largest absolute Gasteiger partial charge is 0.370 e. The van der Waals surface area contributed by atoms with E-state index in [-0.39, 0.29) is 24.4 Å². The Balaban J connectivity index is 1.40. The van der Waals surface area contributed by atoms with Crippen molar-refractivity contribution in [3.05, 3.63) is 71.8 Å². The average Bonchev–Trinajstić information content (AvgIpc) is 3.09. The maximum Gasteiger partial charge on any atom is 0.0892 e. The first-order valence-electron chi connectivity index (χ1n) is 9.28. The predicted octanol–water partition coefficient (Wildman–Crippen LogP) is 4.35. The Kier molecular flexibility index (Phi) is 5.16. The molecule has 2 aliphatic heterocycles. The van der Waals surface area contributed by atoms with Gasteiger partial charge in [-0.1, -0.05) is 67.6 Å². The van der Waals surface area contributed by atoms with E-state index >= 15 is 0 Å². The topological polar surface area (TPSA) is 27.7 Å². The number of benzene rings is 2. The molecule has 0 spiro atoms. The summed E-state index contributed by atoms with van der Waals surface area (Å²) in [4.78, 5) is 0. The van der Waals surface area contributed by atoms with Crippen molar-refractivity contribution in [1.29, 1.82) is 0 Å². The van der Waals surface area contributed by atoms with Crippen LogP contribution in [0.3, 0.4) is 0 Å². The van der Waals surface area contributed by atoms with Gasteiger partial charge in [0.25, 0.3) is 0 Å². The standard InChI is InChI=1S/C22H26O3/c1-16-21(23-14-17-8-4-2-5-9-17)19-12-13-20(25-19)22(16)24-15-18-10-6-3-7-11-18/h2-11,16,19-22H,12-15H2,1H3/t16?,19-,20+,21-,22+. The van der Waals surface area contributed by atoms with E-state index in [1.54, 1.807) is 0 Å². The number of hydrogen-bond donors (Lipinski definition) is 0. The molecule has 2 aromatic carbocycles. The Morgan fingerprint density at radius 3 is 1.64 bits per heavy atom. The molecule has 3 heteroatoms. The highest BCUT2D eigenvalue weighted by atomic mass is 16.6. The quantitative estimate of drug-likeness (QED) is 0.783. The molecule has 2 bridgehead atoms. The van der Waals surface area contributed by atoms with Gasteiger partial charge < -0.3 is 14.2 Å². The molecule has 4 rings (SSSR count). The van der Waals surface area contributed by atoms with Crippen molar-refractivity contribution < 1.29 is 14.2 Å². The maximum absolute atomic E-state index is 6.29. The Morgan fingerprint density at radius 1 is 0.760 bits per heavy atom. The minimum Gasteiger partial charge on any atom is -0.370 e. The molecule has 0 radical (unpaired) electrons. The van der Waals surface area contributed by atoms with Crippen LogP contribution in [0.4, 0.5) is 0 Å². The molecule has 0 aliphatic carbocycles. The summed E-state index contributed by atoms with van der Waals surface area (Å²) in [5.74, 6) is 0.332. The first-order chi connectivity index (χ1) is 12.3. The molecule has 0 N–H and O–H groups in total. The van der Waals surface area contributed by atoms with Crippen LogP contribution in [-0.4, -0.2) is 24.4 Å². The van der Waals surface area contributed by atoms with E-state index < -0.39 is 0 Å². The van der Waals surface area contributed by atoms with E-state index in [1.807, 2.05) is 12.1 Å². The fraction of sp³-hybridized carbons (Fsp3) is 0.455. The SMILES string of the molecule is CC1[C@@H](OCc2ccccc2)[C@H]2CC[C@H](O2)[C@H]1OCc1ccccc1. The molecule has 3 nitrogen and oxygen atoms in total.